The summed E-state index contributed by atoms with van der Waals surface area (Å²) in [7, 11) is 0. The minimum Gasteiger partial charge on any atom is -0.461 e. The molecular weight excluding hydrogens is 266 g/mol. The Morgan fingerprint density at radius 1 is 1.29 bits per heavy atom. The molecule has 0 saturated heterocycles. The molecule has 0 radical (unpaired) electrons. The minimum atomic E-state index is -0.631. The van der Waals surface area contributed by atoms with Crippen molar-refractivity contribution in [3.05, 3.63) is 35.9 Å². The predicted molar refractivity (Wildman–Crippen MR) is 81.8 cm³/mol. The number of aliphatic hydroxyl groups is 1. The third-order valence-electron chi connectivity index (χ3n) is 4.03. The summed E-state index contributed by atoms with van der Waals surface area (Å²) in [5.74, 6) is -0.228. The second kappa shape index (κ2) is 8.15. The van der Waals surface area contributed by atoms with Crippen LogP contribution in [0.4, 0.5) is 0 Å². The third-order valence-corrected chi connectivity index (χ3v) is 4.03. The van der Waals surface area contributed by atoms with Crippen LogP contribution in [0.25, 0.3) is 0 Å². The summed E-state index contributed by atoms with van der Waals surface area (Å²) in [5.41, 5.74) is 0.846. The zero-order valence-electron chi connectivity index (χ0n) is 12.6. The average molecular weight is 291 g/mol. The zero-order chi connectivity index (χ0) is 15.1. The quantitative estimate of drug-likeness (QED) is 0.791. The Labute approximate surface area is 126 Å². The van der Waals surface area contributed by atoms with Crippen LogP contribution in [0.3, 0.4) is 0 Å². The van der Waals surface area contributed by atoms with E-state index in [9.17, 15) is 9.90 Å². The monoisotopic (exact) mass is 291 g/mol. The van der Waals surface area contributed by atoms with Crippen LogP contribution in [0.1, 0.15) is 50.7 Å². The lowest BCUT2D eigenvalue weighted by Gasteiger charge is -2.23. The highest BCUT2D eigenvalue weighted by Crippen LogP contribution is 2.20. The van der Waals surface area contributed by atoms with Gasteiger partial charge in [-0.25, -0.2) is 0 Å². The van der Waals surface area contributed by atoms with Crippen molar-refractivity contribution in [3.8, 4) is 0 Å². The highest BCUT2D eigenvalue weighted by Gasteiger charge is 2.20. The van der Waals surface area contributed by atoms with Gasteiger partial charge in [0.15, 0.2) is 0 Å². The maximum atomic E-state index is 11.8. The van der Waals surface area contributed by atoms with Crippen molar-refractivity contribution in [2.45, 2.75) is 57.3 Å². The second-order valence-corrected chi connectivity index (χ2v) is 5.77. The number of ether oxygens (including phenoxy) is 1. The van der Waals surface area contributed by atoms with Crippen LogP contribution in [0.2, 0.25) is 0 Å². The molecule has 2 N–H and O–H groups in total. The van der Waals surface area contributed by atoms with E-state index in [4.69, 9.17) is 4.74 Å². The summed E-state index contributed by atoms with van der Waals surface area (Å²) < 4.78 is 5.44. The van der Waals surface area contributed by atoms with Gasteiger partial charge in [0.05, 0.1) is 12.6 Å². The molecule has 0 amide bonds. The molecule has 116 valence electrons. The average Bonchev–Trinajstić information content (AvgIpc) is 2.53. The van der Waals surface area contributed by atoms with Crippen molar-refractivity contribution < 1.29 is 14.6 Å². The van der Waals surface area contributed by atoms with E-state index in [1.54, 1.807) is 0 Å². The van der Waals surface area contributed by atoms with Crippen molar-refractivity contribution in [1.29, 1.82) is 0 Å². The first-order valence-corrected chi connectivity index (χ1v) is 7.82. The van der Waals surface area contributed by atoms with E-state index in [0.29, 0.717) is 0 Å². The molecule has 1 aliphatic carbocycles. The van der Waals surface area contributed by atoms with Gasteiger partial charge in [-0.1, -0.05) is 36.8 Å². The third kappa shape index (κ3) is 5.14. The molecule has 0 bridgehead atoms. The maximum Gasteiger partial charge on any atom is 0.320 e. The molecule has 1 aliphatic rings. The smallest absolute Gasteiger partial charge is 0.320 e. The number of nitrogens with one attached hydrogen (secondary N) is 1. The lowest BCUT2D eigenvalue weighted by Crippen LogP contribution is -2.37. The Kier molecular flexibility index (Phi) is 6.21. The van der Waals surface area contributed by atoms with Gasteiger partial charge in [0.1, 0.15) is 6.10 Å². The van der Waals surface area contributed by atoms with Crippen molar-refractivity contribution in [3.63, 3.8) is 0 Å². The Morgan fingerprint density at radius 2 is 1.95 bits per heavy atom. The van der Waals surface area contributed by atoms with E-state index in [1.807, 2.05) is 37.3 Å². The summed E-state index contributed by atoms with van der Waals surface area (Å²) in [6.07, 6.45) is 4.95. The zero-order valence-corrected chi connectivity index (χ0v) is 12.6. The van der Waals surface area contributed by atoms with Crippen molar-refractivity contribution >= 4 is 5.97 Å². The first-order chi connectivity index (χ1) is 10.2. The summed E-state index contributed by atoms with van der Waals surface area (Å²) in [6, 6.07) is 9.25. The fourth-order valence-electron chi connectivity index (χ4n) is 2.71. The van der Waals surface area contributed by atoms with E-state index in [0.717, 1.165) is 31.2 Å². The van der Waals surface area contributed by atoms with E-state index < -0.39 is 6.10 Å². The van der Waals surface area contributed by atoms with Crippen LogP contribution in [0.5, 0.6) is 0 Å². The van der Waals surface area contributed by atoms with Crippen molar-refractivity contribution in [1.82, 2.24) is 5.32 Å². The number of hydrogen-bond donors (Lipinski definition) is 2. The number of carbonyl (C=O) groups is 1. The predicted octanol–water partition coefficient (Wildman–Crippen LogP) is 2.57. The van der Waals surface area contributed by atoms with Crippen LogP contribution < -0.4 is 5.32 Å². The highest BCUT2D eigenvalue weighted by atomic mass is 16.5. The maximum absolute atomic E-state index is 11.8. The Bertz CT molecular complexity index is 429. The van der Waals surface area contributed by atoms with Gasteiger partial charge in [-0.15, -0.1) is 0 Å². The SMILES string of the molecule is CC(NCC(=O)OC1CCCCC1)C(O)c1ccccc1. The number of aliphatic hydroxyl groups excluding tert-OH is 1. The van der Waals surface area contributed by atoms with Crippen LogP contribution in [0.15, 0.2) is 30.3 Å². The van der Waals surface area contributed by atoms with Gasteiger partial charge in [-0.05, 0) is 38.2 Å². The van der Waals surface area contributed by atoms with Gasteiger partial charge in [-0.2, -0.15) is 0 Å². The molecule has 0 aromatic heterocycles. The molecular formula is C17H25NO3. The summed E-state index contributed by atoms with van der Waals surface area (Å²) >= 11 is 0. The number of hydrogen-bond acceptors (Lipinski definition) is 4. The number of rotatable bonds is 6. The number of carbonyl (C=O) groups excluding carboxylic acids is 1. The van der Waals surface area contributed by atoms with Gasteiger partial charge in [0, 0.05) is 6.04 Å². The minimum absolute atomic E-state index is 0.0856. The standard InChI is InChI=1S/C17H25NO3/c1-13(17(20)14-8-4-2-5-9-14)18-12-16(19)21-15-10-6-3-7-11-15/h2,4-5,8-9,13,15,17-18,20H,3,6-7,10-12H2,1H3. The van der Waals surface area contributed by atoms with E-state index in [1.165, 1.54) is 6.42 Å². The molecule has 1 fully saturated rings. The summed E-state index contributed by atoms with van der Waals surface area (Å²) in [5, 5.41) is 13.3. The molecule has 1 aromatic rings. The fourth-order valence-corrected chi connectivity index (χ4v) is 2.71. The van der Waals surface area contributed by atoms with Gasteiger partial charge >= 0.3 is 5.97 Å². The highest BCUT2D eigenvalue weighted by molar-refractivity contribution is 5.71. The van der Waals surface area contributed by atoms with Gasteiger partial charge in [0.2, 0.25) is 0 Å². The summed E-state index contributed by atoms with van der Waals surface area (Å²) in [6.45, 7) is 2.01. The molecule has 1 saturated carbocycles. The molecule has 1 aromatic carbocycles. The van der Waals surface area contributed by atoms with Crippen molar-refractivity contribution in [2.24, 2.45) is 0 Å². The largest absolute Gasteiger partial charge is 0.461 e. The normalized spacial score (nSPS) is 19.0. The van der Waals surface area contributed by atoms with Gasteiger partial charge in [0.25, 0.3) is 0 Å². The molecule has 2 atom stereocenters. The molecule has 4 nitrogen and oxygen atoms in total. The second-order valence-electron chi connectivity index (χ2n) is 5.77. The first-order valence-electron chi connectivity index (χ1n) is 7.82. The lowest BCUT2D eigenvalue weighted by atomic mass is 9.98. The van der Waals surface area contributed by atoms with E-state index in [2.05, 4.69) is 5.32 Å². The summed E-state index contributed by atoms with van der Waals surface area (Å²) in [4.78, 5) is 11.8. The van der Waals surface area contributed by atoms with E-state index in [-0.39, 0.29) is 24.7 Å². The first kappa shape index (κ1) is 16.0. The number of benzene rings is 1. The Morgan fingerprint density at radius 3 is 2.62 bits per heavy atom. The molecule has 2 unspecified atom stereocenters. The molecule has 0 heterocycles. The van der Waals surface area contributed by atoms with Gasteiger partial charge < -0.3 is 15.2 Å². The Hall–Kier alpha value is -1.39. The Balaban J connectivity index is 1.72. The molecule has 2 rings (SSSR count). The topological polar surface area (TPSA) is 58.6 Å². The molecule has 4 heteroatoms. The number of esters is 1. The molecule has 21 heavy (non-hydrogen) atoms. The van der Waals surface area contributed by atoms with Crippen LogP contribution in [-0.2, 0) is 9.53 Å². The van der Waals surface area contributed by atoms with Crippen LogP contribution in [-0.4, -0.2) is 29.8 Å². The lowest BCUT2D eigenvalue weighted by molar-refractivity contribution is -0.149. The molecule has 0 aliphatic heterocycles. The van der Waals surface area contributed by atoms with Gasteiger partial charge in [-0.3, -0.25) is 4.79 Å². The molecule has 0 spiro atoms. The fraction of sp³-hybridized carbons (Fsp3) is 0.588. The van der Waals surface area contributed by atoms with Crippen LogP contribution in [0, 0.1) is 0 Å². The van der Waals surface area contributed by atoms with E-state index >= 15 is 0 Å². The van der Waals surface area contributed by atoms with Crippen LogP contribution >= 0.6 is 0 Å². The van der Waals surface area contributed by atoms with Crippen molar-refractivity contribution in [2.75, 3.05) is 6.54 Å².